The van der Waals surface area contributed by atoms with Crippen molar-refractivity contribution in [3.8, 4) is 11.8 Å². The lowest BCUT2D eigenvalue weighted by atomic mass is 10.1. The molecule has 1 aromatic carbocycles. The highest BCUT2D eigenvalue weighted by molar-refractivity contribution is 5.97. The second kappa shape index (κ2) is 7.07. The van der Waals surface area contributed by atoms with E-state index in [9.17, 15) is 4.79 Å². The maximum atomic E-state index is 11.8. The Morgan fingerprint density at radius 2 is 2.05 bits per heavy atom. The summed E-state index contributed by atoms with van der Waals surface area (Å²) < 4.78 is 5.07. The fourth-order valence-corrected chi connectivity index (χ4v) is 1.54. The van der Waals surface area contributed by atoms with Gasteiger partial charge in [-0.25, -0.2) is 0 Å². The van der Waals surface area contributed by atoms with Crippen LogP contribution in [0.3, 0.4) is 0 Å². The highest BCUT2D eigenvalue weighted by atomic mass is 16.5. The maximum absolute atomic E-state index is 11.8. The van der Waals surface area contributed by atoms with Crippen LogP contribution in [-0.4, -0.2) is 20.1 Å². The third-order valence-corrected chi connectivity index (χ3v) is 2.62. The molecule has 0 heterocycles. The summed E-state index contributed by atoms with van der Waals surface area (Å²) in [4.78, 5) is 11.8. The van der Waals surface area contributed by atoms with Gasteiger partial charge < -0.3 is 15.4 Å². The second-order valence-corrected chi connectivity index (χ2v) is 3.93. The molecule has 0 aliphatic heterocycles. The molecule has 0 radical (unpaired) electrons. The van der Waals surface area contributed by atoms with Crippen LogP contribution in [0.5, 0.6) is 5.75 Å². The van der Waals surface area contributed by atoms with Crippen LogP contribution in [-0.2, 0) is 4.79 Å². The summed E-state index contributed by atoms with van der Waals surface area (Å²) >= 11 is 0. The van der Waals surface area contributed by atoms with E-state index in [1.807, 2.05) is 37.3 Å². The Morgan fingerprint density at radius 1 is 1.42 bits per heavy atom. The van der Waals surface area contributed by atoms with Gasteiger partial charge in [0, 0.05) is 13.2 Å². The van der Waals surface area contributed by atoms with Crippen molar-refractivity contribution in [2.45, 2.75) is 13.0 Å². The molecule has 1 rings (SSSR count). The molecule has 2 N–H and O–H groups in total. The van der Waals surface area contributed by atoms with Gasteiger partial charge >= 0.3 is 0 Å². The molecule has 0 aromatic heterocycles. The number of nitrogens with zero attached hydrogens (tertiary/aromatic N) is 1. The van der Waals surface area contributed by atoms with Gasteiger partial charge in [-0.05, 0) is 24.6 Å². The highest BCUT2D eigenvalue weighted by Gasteiger charge is 2.13. The molecule has 5 heteroatoms. The summed E-state index contributed by atoms with van der Waals surface area (Å²) in [5, 5.41) is 14.3. The minimum atomic E-state index is -0.403. The van der Waals surface area contributed by atoms with Crippen molar-refractivity contribution >= 4 is 5.91 Å². The number of nitriles is 1. The van der Waals surface area contributed by atoms with Gasteiger partial charge in [0.1, 0.15) is 17.4 Å². The number of benzene rings is 1. The van der Waals surface area contributed by atoms with Crippen LogP contribution in [0.1, 0.15) is 18.5 Å². The Kier molecular flexibility index (Phi) is 5.42. The molecule has 19 heavy (non-hydrogen) atoms. The monoisotopic (exact) mass is 259 g/mol. The van der Waals surface area contributed by atoms with E-state index in [2.05, 4.69) is 10.6 Å². The average molecular weight is 259 g/mol. The summed E-state index contributed by atoms with van der Waals surface area (Å²) in [6.45, 7) is 1.86. The zero-order valence-electron chi connectivity index (χ0n) is 11.2. The largest absolute Gasteiger partial charge is 0.497 e. The van der Waals surface area contributed by atoms with Gasteiger partial charge in [0.25, 0.3) is 5.91 Å². The second-order valence-electron chi connectivity index (χ2n) is 3.93. The SMILES string of the molecule is CN/C=C(/C#N)C(=O)NC(C)c1ccc(OC)cc1. The first-order valence-electron chi connectivity index (χ1n) is 5.84. The summed E-state index contributed by atoms with van der Waals surface area (Å²) in [6.07, 6.45) is 1.37. The van der Waals surface area contributed by atoms with Crippen LogP contribution in [0.25, 0.3) is 0 Å². The zero-order valence-corrected chi connectivity index (χ0v) is 11.2. The molecular weight excluding hydrogens is 242 g/mol. The number of nitrogens with one attached hydrogen (secondary N) is 2. The fraction of sp³-hybridized carbons (Fsp3) is 0.286. The molecule has 0 spiro atoms. The number of amides is 1. The maximum Gasteiger partial charge on any atom is 0.263 e. The van der Waals surface area contributed by atoms with Gasteiger partial charge in [0.15, 0.2) is 0 Å². The molecule has 1 amide bonds. The number of hydrogen-bond donors (Lipinski definition) is 2. The molecule has 1 atom stereocenters. The molecule has 0 aliphatic carbocycles. The molecule has 0 saturated carbocycles. The van der Waals surface area contributed by atoms with Crippen molar-refractivity contribution in [3.05, 3.63) is 41.6 Å². The van der Waals surface area contributed by atoms with Crippen LogP contribution >= 0.6 is 0 Å². The number of carbonyl (C=O) groups excluding carboxylic acids is 1. The van der Waals surface area contributed by atoms with Crippen molar-refractivity contribution in [2.24, 2.45) is 0 Å². The van der Waals surface area contributed by atoms with E-state index in [1.165, 1.54) is 6.20 Å². The van der Waals surface area contributed by atoms with Crippen molar-refractivity contribution in [3.63, 3.8) is 0 Å². The Bertz CT molecular complexity index is 500. The first-order valence-corrected chi connectivity index (χ1v) is 5.84. The number of carbonyl (C=O) groups is 1. The summed E-state index contributed by atoms with van der Waals surface area (Å²) in [5.74, 6) is 0.357. The molecule has 1 aromatic rings. The molecule has 100 valence electrons. The Balaban J connectivity index is 2.73. The normalized spacial score (nSPS) is 12.2. The van der Waals surface area contributed by atoms with Gasteiger partial charge in [-0.15, -0.1) is 0 Å². The minimum absolute atomic E-state index is 0.0443. The van der Waals surface area contributed by atoms with Crippen LogP contribution < -0.4 is 15.4 Å². The fourth-order valence-electron chi connectivity index (χ4n) is 1.54. The lowest BCUT2D eigenvalue weighted by molar-refractivity contribution is -0.117. The van der Waals surface area contributed by atoms with E-state index in [4.69, 9.17) is 10.00 Å². The minimum Gasteiger partial charge on any atom is -0.497 e. The molecule has 0 aliphatic rings. The van der Waals surface area contributed by atoms with E-state index in [1.54, 1.807) is 14.2 Å². The van der Waals surface area contributed by atoms with E-state index >= 15 is 0 Å². The molecule has 0 saturated heterocycles. The lowest BCUT2D eigenvalue weighted by Crippen LogP contribution is -2.28. The van der Waals surface area contributed by atoms with E-state index in [0.717, 1.165) is 11.3 Å². The standard InChI is InChI=1S/C14H17N3O2/c1-10(11-4-6-13(19-3)7-5-11)17-14(18)12(8-15)9-16-2/h4-7,9-10,16H,1-3H3,(H,17,18)/b12-9-. The molecule has 0 fully saturated rings. The molecule has 1 unspecified atom stereocenters. The quantitative estimate of drug-likeness (QED) is 0.620. The lowest BCUT2D eigenvalue weighted by Gasteiger charge is -2.14. The molecular formula is C14H17N3O2. The predicted molar refractivity (Wildman–Crippen MR) is 72.3 cm³/mol. The van der Waals surface area contributed by atoms with Crippen LogP contribution in [0.15, 0.2) is 36.0 Å². The van der Waals surface area contributed by atoms with Crippen LogP contribution in [0.2, 0.25) is 0 Å². The van der Waals surface area contributed by atoms with Crippen molar-refractivity contribution in [1.29, 1.82) is 5.26 Å². The Morgan fingerprint density at radius 3 is 2.53 bits per heavy atom. The third-order valence-electron chi connectivity index (χ3n) is 2.62. The van der Waals surface area contributed by atoms with Crippen molar-refractivity contribution in [2.75, 3.05) is 14.2 Å². The number of ether oxygens (including phenoxy) is 1. The Hall–Kier alpha value is -2.48. The van der Waals surface area contributed by atoms with E-state index < -0.39 is 5.91 Å². The van der Waals surface area contributed by atoms with Crippen molar-refractivity contribution in [1.82, 2.24) is 10.6 Å². The first-order chi connectivity index (χ1) is 9.12. The summed E-state index contributed by atoms with van der Waals surface area (Å²) in [7, 11) is 3.24. The van der Waals surface area contributed by atoms with Gasteiger partial charge in [-0.1, -0.05) is 12.1 Å². The number of methoxy groups -OCH3 is 1. The number of hydrogen-bond acceptors (Lipinski definition) is 4. The van der Waals surface area contributed by atoms with Gasteiger partial charge in [0.05, 0.1) is 13.2 Å². The molecule has 0 bridgehead atoms. The van der Waals surface area contributed by atoms with Gasteiger partial charge in [-0.3, -0.25) is 4.79 Å². The van der Waals surface area contributed by atoms with Gasteiger partial charge in [0.2, 0.25) is 0 Å². The zero-order chi connectivity index (χ0) is 14.3. The van der Waals surface area contributed by atoms with E-state index in [-0.39, 0.29) is 11.6 Å². The van der Waals surface area contributed by atoms with Crippen LogP contribution in [0.4, 0.5) is 0 Å². The molecule has 5 nitrogen and oxygen atoms in total. The smallest absolute Gasteiger partial charge is 0.263 e. The average Bonchev–Trinajstić information content (AvgIpc) is 2.44. The predicted octanol–water partition coefficient (Wildman–Crippen LogP) is 1.50. The topological polar surface area (TPSA) is 74.2 Å². The van der Waals surface area contributed by atoms with Gasteiger partial charge in [-0.2, -0.15) is 5.26 Å². The van der Waals surface area contributed by atoms with Crippen molar-refractivity contribution < 1.29 is 9.53 Å². The number of rotatable bonds is 5. The Labute approximate surface area is 112 Å². The summed E-state index contributed by atoms with van der Waals surface area (Å²) in [5.41, 5.74) is 0.985. The summed E-state index contributed by atoms with van der Waals surface area (Å²) in [6, 6.07) is 9.05. The van der Waals surface area contributed by atoms with E-state index in [0.29, 0.717) is 0 Å². The highest BCUT2D eigenvalue weighted by Crippen LogP contribution is 2.17. The van der Waals surface area contributed by atoms with Crippen LogP contribution in [0, 0.1) is 11.3 Å². The third kappa shape index (κ3) is 4.03. The first kappa shape index (κ1) is 14.6.